The van der Waals surface area contributed by atoms with Crippen LogP contribution < -0.4 is 11.3 Å². The van der Waals surface area contributed by atoms with Crippen molar-refractivity contribution in [2.75, 3.05) is 11.9 Å². The number of halogens is 1. The molecule has 0 spiro atoms. The SMILES string of the molecule is NNCCCCCBr. The summed E-state index contributed by atoms with van der Waals surface area (Å²) < 4.78 is 0. The smallest absolute Gasteiger partial charge is 0.00974 e. The van der Waals surface area contributed by atoms with E-state index < -0.39 is 0 Å². The average molecular weight is 181 g/mol. The molecular formula is C5H13BrN2. The lowest BCUT2D eigenvalue weighted by Crippen LogP contribution is -2.22. The van der Waals surface area contributed by atoms with E-state index in [0.717, 1.165) is 11.9 Å². The summed E-state index contributed by atoms with van der Waals surface area (Å²) in [7, 11) is 0. The largest absolute Gasteiger partial charge is 0.271 e. The van der Waals surface area contributed by atoms with E-state index in [1.165, 1.54) is 19.3 Å². The second kappa shape index (κ2) is 7.40. The van der Waals surface area contributed by atoms with Crippen LogP contribution in [-0.2, 0) is 0 Å². The minimum atomic E-state index is 0.938. The first-order valence-electron chi connectivity index (χ1n) is 2.91. The van der Waals surface area contributed by atoms with Crippen LogP contribution in [0.15, 0.2) is 0 Å². The fraction of sp³-hybridized carbons (Fsp3) is 1.00. The van der Waals surface area contributed by atoms with E-state index in [9.17, 15) is 0 Å². The standard InChI is InChI=1S/C5H13BrN2/c6-4-2-1-3-5-8-7/h8H,1-5,7H2. The highest BCUT2D eigenvalue weighted by atomic mass is 79.9. The first-order chi connectivity index (χ1) is 3.91. The third-order valence-electron chi connectivity index (χ3n) is 0.955. The second-order valence-corrected chi connectivity index (χ2v) is 2.50. The van der Waals surface area contributed by atoms with Crippen molar-refractivity contribution in [1.29, 1.82) is 0 Å². The van der Waals surface area contributed by atoms with Crippen LogP contribution in [0.3, 0.4) is 0 Å². The third-order valence-corrected chi connectivity index (χ3v) is 1.52. The molecule has 0 aliphatic rings. The van der Waals surface area contributed by atoms with Crippen molar-refractivity contribution < 1.29 is 0 Å². The van der Waals surface area contributed by atoms with Gasteiger partial charge in [-0.25, -0.2) is 0 Å². The molecule has 0 aromatic heterocycles. The lowest BCUT2D eigenvalue weighted by atomic mass is 10.2. The van der Waals surface area contributed by atoms with Crippen molar-refractivity contribution in [3.05, 3.63) is 0 Å². The van der Waals surface area contributed by atoms with Crippen LogP contribution >= 0.6 is 15.9 Å². The number of nitrogens with one attached hydrogen (secondary N) is 1. The summed E-state index contributed by atoms with van der Waals surface area (Å²) in [5.41, 5.74) is 2.61. The normalized spacial score (nSPS) is 9.75. The summed E-state index contributed by atoms with van der Waals surface area (Å²) in [6.45, 7) is 0.938. The molecule has 0 atom stereocenters. The highest BCUT2D eigenvalue weighted by Gasteiger charge is 1.83. The molecule has 0 heterocycles. The Kier molecular flexibility index (Phi) is 7.77. The van der Waals surface area contributed by atoms with Crippen LogP contribution in [0.5, 0.6) is 0 Å². The van der Waals surface area contributed by atoms with Crippen LogP contribution in [0.4, 0.5) is 0 Å². The Balaban J connectivity index is 2.53. The number of unbranched alkanes of at least 4 members (excludes halogenated alkanes) is 2. The molecule has 0 fully saturated rings. The van der Waals surface area contributed by atoms with Gasteiger partial charge in [0.2, 0.25) is 0 Å². The quantitative estimate of drug-likeness (QED) is 0.287. The van der Waals surface area contributed by atoms with Gasteiger partial charge in [-0.05, 0) is 12.8 Å². The molecule has 8 heavy (non-hydrogen) atoms. The summed E-state index contributed by atoms with van der Waals surface area (Å²) in [6.07, 6.45) is 3.69. The second-order valence-electron chi connectivity index (χ2n) is 1.70. The molecule has 0 unspecified atom stereocenters. The van der Waals surface area contributed by atoms with Gasteiger partial charge in [-0.15, -0.1) is 0 Å². The zero-order chi connectivity index (χ0) is 6.24. The molecule has 0 saturated heterocycles. The Labute approximate surface area is 58.9 Å². The Bertz CT molecular complexity index is 35.4. The monoisotopic (exact) mass is 180 g/mol. The van der Waals surface area contributed by atoms with Crippen molar-refractivity contribution in [3.8, 4) is 0 Å². The Morgan fingerprint density at radius 2 is 2.00 bits per heavy atom. The molecule has 50 valence electrons. The van der Waals surface area contributed by atoms with Crippen LogP contribution in [0.2, 0.25) is 0 Å². The maximum atomic E-state index is 5.05. The van der Waals surface area contributed by atoms with E-state index in [2.05, 4.69) is 21.4 Å². The van der Waals surface area contributed by atoms with Gasteiger partial charge in [0.1, 0.15) is 0 Å². The molecule has 0 aromatic carbocycles. The number of hydrazine groups is 1. The van der Waals surface area contributed by atoms with Gasteiger partial charge in [-0.1, -0.05) is 22.4 Å². The Hall–Kier alpha value is 0.400. The summed E-state index contributed by atoms with van der Waals surface area (Å²) >= 11 is 3.35. The van der Waals surface area contributed by atoms with Crippen LogP contribution in [0, 0.1) is 0 Å². The van der Waals surface area contributed by atoms with Gasteiger partial charge < -0.3 is 0 Å². The van der Waals surface area contributed by atoms with Crippen molar-refractivity contribution in [2.24, 2.45) is 5.84 Å². The average Bonchev–Trinajstić information content (AvgIpc) is 1.81. The van der Waals surface area contributed by atoms with Gasteiger partial charge in [0.15, 0.2) is 0 Å². The van der Waals surface area contributed by atoms with Crippen molar-refractivity contribution in [1.82, 2.24) is 5.43 Å². The van der Waals surface area contributed by atoms with E-state index in [4.69, 9.17) is 5.84 Å². The van der Waals surface area contributed by atoms with Gasteiger partial charge >= 0.3 is 0 Å². The van der Waals surface area contributed by atoms with Crippen molar-refractivity contribution >= 4 is 15.9 Å². The van der Waals surface area contributed by atoms with E-state index in [1.54, 1.807) is 0 Å². The molecule has 2 nitrogen and oxygen atoms in total. The third kappa shape index (κ3) is 6.40. The van der Waals surface area contributed by atoms with Crippen LogP contribution in [0.25, 0.3) is 0 Å². The number of nitrogens with two attached hydrogens (primary N) is 1. The van der Waals surface area contributed by atoms with Gasteiger partial charge in [0, 0.05) is 11.9 Å². The van der Waals surface area contributed by atoms with Gasteiger partial charge in [-0.3, -0.25) is 11.3 Å². The first-order valence-corrected chi connectivity index (χ1v) is 4.03. The highest BCUT2D eigenvalue weighted by molar-refractivity contribution is 9.09. The number of rotatable bonds is 5. The molecule has 0 radical (unpaired) electrons. The summed E-state index contributed by atoms with van der Waals surface area (Å²) in [5, 5.41) is 1.11. The lowest BCUT2D eigenvalue weighted by molar-refractivity contribution is 0.640. The summed E-state index contributed by atoms with van der Waals surface area (Å²) in [4.78, 5) is 0. The van der Waals surface area contributed by atoms with Crippen molar-refractivity contribution in [2.45, 2.75) is 19.3 Å². The first kappa shape index (κ1) is 8.40. The molecule has 0 bridgehead atoms. The molecule has 0 aliphatic carbocycles. The molecule has 3 heteroatoms. The van der Waals surface area contributed by atoms with E-state index in [0.29, 0.717) is 0 Å². The minimum Gasteiger partial charge on any atom is -0.271 e. The lowest BCUT2D eigenvalue weighted by Gasteiger charge is -1.95. The topological polar surface area (TPSA) is 38.0 Å². The van der Waals surface area contributed by atoms with E-state index >= 15 is 0 Å². The molecule has 0 saturated carbocycles. The Morgan fingerprint density at radius 3 is 2.50 bits per heavy atom. The molecule has 0 amide bonds. The molecule has 0 aromatic rings. The molecular weight excluding hydrogens is 168 g/mol. The van der Waals surface area contributed by atoms with Gasteiger partial charge in [-0.2, -0.15) is 0 Å². The maximum Gasteiger partial charge on any atom is 0.00974 e. The number of alkyl halides is 1. The number of hydrogen-bond acceptors (Lipinski definition) is 2. The zero-order valence-electron chi connectivity index (χ0n) is 4.99. The Morgan fingerprint density at radius 1 is 1.25 bits per heavy atom. The maximum absolute atomic E-state index is 5.05. The number of hydrogen-bond donors (Lipinski definition) is 2. The summed E-state index contributed by atoms with van der Waals surface area (Å²) in [5.74, 6) is 5.05. The fourth-order valence-electron chi connectivity index (χ4n) is 0.498. The van der Waals surface area contributed by atoms with E-state index in [-0.39, 0.29) is 0 Å². The predicted molar refractivity (Wildman–Crippen MR) is 39.8 cm³/mol. The van der Waals surface area contributed by atoms with Crippen LogP contribution in [-0.4, -0.2) is 11.9 Å². The molecule has 0 rings (SSSR count). The molecule has 3 N–H and O–H groups in total. The van der Waals surface area contributed by atoms with Crippen molar-refractivity contribution in [3.63, 3.8) is 0 Å². The van der Waals surface area contributed by atoms with Gasteiger partial charge in [0.05, 0.1) is 0 Å². The molecule has 0 aliphatic heterocycles. The predicted octanol–water partition coefficient (Wildman–Crippen LogP) is 1.01. The zero-order valence-corrected chi connectivity index (χ0v) is 6.58. The van der Waals surface area contributed by atoms with Crippen LogP contribution in [0.1, 0.15) is 19.3 Å². The summed E-state index contributed by atoms with van der Waals surface area (Å²) in [6, 6.07) is 0. The minimum absolute atomic E-state index is 0.938. The highest BCUT2D eigenvalue weighted by Crippen LogP contribution is 1.95. The van der Waals surface area contributed by atoms with E-state index in [1.807, 2.05) is 0 Å². The fourth-order valence-corrected chi connectivity index (χ4v) is 0.895. The van der Waals surface area contributed by atoms with Gasteiger partial charge in [0.25, 0.3) is 0 Å².